The van der Waals surface area contributed by atoms with E-state index in [0.29, 0.717) is 42.3 Å². The van der Waals surface area contributed by atoms with Crippen LogP contribution in [-0.4, -0.2) is 60.5 Å². The van der Waals surface area contributed by atoms with Crippen LogP contribution in [-0.2, 0) is 5.67 Å². The molecule has 7 nitrogen and oxygen atoms in total. The van der Waals surface area contributed by atoms with Crippen molar-refractivity contribution in [3.8, 4) is 17.0 Å². The number of benzene rings is 1. The summed E-state index contributed by atoms with van der Waals surface area (Å²) in [5, 5.41) is 13.6. The van der Waals surface area contributed by atoms with Crippen LogP contribution in [0.25, 0.3) is 22.2 Å². The van der Waals surface area contributed by atoms with Gasteiger partial charge in [-0.15, -0.1) is 0 Å². The van der Waals surface area contributed by atoms with E-state index >= 15 is 4.39 Å². The zero-order valence-corrected chi connectivity index (χ0v) is 19.1. The number of ether oxygens (including phenoxy) is 1. The Bertz CT molecular complexity index is 1160. The predicted octanol–water partition coefficient (Wildman–Crippen LogP) is 3.55. The molecule has 1 aliphatic carbocycles. The Hall–Kier alpha value is -2.84. The molecular weight excluding hydrogens is 421 g/mol. The van der Waals surface area contributed by atoms with Gasteiger partial charge in [-0.1, -0.05) is 0 Å². The van der Waals surface area contributed by atoms with Crippen LogP contribution in [0.15, 0.2) is 30.5 Å². The number of hydrogen-bond donors (Lipinski definition) is 2. The number of nitrogens with zero attached hydrogens (tertiary/aromatic N) is 4. The highest BCUT2D eigenvalue weighted by Crippen LogP contribution is 2.49. The van der Waals surface area contributed by atoms with E-state index in [-0.39, 0.29) is 12.4 Å². The van der Waals surface area contributed by atoms with Gasteiger partial charge >= 0.3 is 0 Å². The fourth-order valence-corrected chi connectivity index (χ4v) is 4.62. The Morgan fingerprint density at radius 3 is 2.70 bits per heavy atom. The summed E-state index contributed by atoms with van der Waals surface area (Å²) in [6.45, 7) is 2.46. The van der Waals surface area contributed by atoms with Gasteiger partial charge in [0.1, 0.15) is 5.75 Å². The molecule has 5 rings (SSSR count). The number of halogens is 1. The van der Waals surface area contributed by atoms with E-state index in [2.05, 4.69) is 15.3 Å². The molecule has 0 spiro atoms. The van der Waals surface area contributed by atoms with E-state index in [4.69, 9.17) is 9.72 Å². The zero-order valence-electron chi connectivity index (χ0n) is 19.1. The van der Waals surface area contributed by atoms with E-state index in [1.807, 2.05) is 36.2 Å². The van der Waals surface area contributed by atoms with Crippen molar-refractivity contribution < 1.29 is 14.2 Å². The first kappa shape index (κ1) is 22.0. The van der Waals surface area contributed by atoms with Crippen LogP contribution in [0, 0.1) is 0 Å². The van der Waals surface area contributed by atoms with Gasteiger partial charge in [0.05, 0.1) is 30.6 Å². The minimum Gasteiger partial charge on any atom is -0.494 e. The number of piperidine rings is 1. The van der Waals surface area contributed by atoms with Crippen molar-refractivity contribution in [1.29, 1.82) is 0 Å². The molecule has 0 atom stereocenters. The summed E-state index contributed by atoms with van der Waals surface area (Å²) in [4.78, 5) is 16.0. The molecule has 1 aromatic carbocycles. The third kappa shape index (κ3) is 4.13. The molecule has 0 radical (unpaired) electrons. The molecule has 1 saturated carbocycles. The van der Waals surface area contributed by atoms with E-state index in [1.165, 1.54) is 0 Å². The molecule has 3 heterocycles. The number of alkyl halides is 1. The van der Waals surface area contributed by atoms with Crippen LogP contribution in [0.4, 0.5) is 10.1 Å². The summed E-state index contributed by atoms with van der Waals surface area (Å²) in [5.41, 5.74) is 2.57. The molecule has 174 valence electrons. The number of nitrogens with one attached hydrogen (secondary N) is 1. The molecule has 8 heteroatoms. The maximum absolute atomic E-state index is 15.1. The summed E-state index contributed by atoms with van der Waals surface area (Å²) < 4.78 is 21.0. The normalized spacial score (nSPS) is 17.8. The first-order chi connectivity index (χ1) is 16.0. The predicted molar refractivity (Wildman–Crippen MR) is 127 cm³/mol. The van der Waals surface area contributed by atoms with Gasteiger partial charge in [0.15, 0.2) is 11.5 Å². The lowest BCUT2D eigenvalue weighted by atomic mass is 9.91. The molecule has 0 unspecified atom stereocenters. The van der Waals surface area contributed by atoms with E-state index in [9.17, 15) is 5.11 Å². The van der Waals surface area contributed by atoms with Crippen LogP contribution < -0.4 is 15.0 Å². The van der Waals surface area contributed by atoms with E-state index in [1.54, 1.807) is 13.3 Å². The van der Waals surface area contributed by atoms with Crippen molar-refractivity contribution in [2.75, 3.05) is 45.3 Å². The lowest BCUT2D eigenvalue weighted by Gasteiger charge is -2.25. The van der Waals surface area contributed by atoms with Gasteiger partial charge in [-0.3, -0.25) is 4.98 Å². The summed E-state index contributed by atoms with van der Waals surface area (Å²) in [7, 11) is 3.59. The monoisotopic (exact) mass is 451 g/mol. The maximum Gasteiger partial charge on any atom is 0.170 e. The number of aliphatic hydroxyl groups excluding tert-OH is 1. The molecule has 3 aromatic rings. The van der Waals surface area contributed by atoms with Gasteiger partial charge in [-0.25, -0.2) is 14.4 Å². The van der Waals surface area contributed by atoms with Crippen molar-refractivity contribution in [1.82, 2.24) is 20.3 Å². The quantitative estimate of drug-likeness (QED) is 0.568. The standard InChI is InChI=1S/C25H30FN5O2/c1-31(13-14-32)17-3-4-20-19(15-17)22(30-24(29-20)25(26)8-9-25)18-7-12-28-21(23(18)33-2)16-5-10-27-11-6-16/h3-4,7,12,15-16,27,32H,5-6,8-11,13-14H2,1-2H3. The molecule has 0 amide bonds. The zero-order chi connectivity index (χ0) is 23.0. The molecule has 0 bridgehead atoms. The SMILES string of the molecule is COc1c(-c2nc(C3(F)CC3)nc3ccc(N(C)CCO)cc23)ccnc1C1CCNCC1. The number of rotatable bonds is 7. The minimum atomic E-state index is -1.45. The molecule has 2 aliphatic rings. The number of fused-ring (bicyclic) bond motifs is 1. The smallest absolute Gasteiger partial charge is 0.170 e. The molecular formula is C25H30FN5O2. The van der Waals surface area contributed by atoms with E-state index < -0.39 is 5.67 Å². The van der Waals surface area contributed by atoms with Crippen LogP contribution in [0.5, 0.6) is 5.75 Å². The molecule has 33 heavy (non-hydrogen) atoms. The van der Waals surface area contributed by atoms with E-state index in [0.717, 1.165) is 48.3 Å². The van der Waals surface area contributed by atoms with Gasteiger partial charge in [0.25, 0.3) is 0 Å². The third-order valence-corrected chi connectivity index (χ3v) is 6.76. The molecule has 2 fully saturated rings. The summed E-state index contributed by atoms with van der Waals surface area (Å²) in [5.74, 6) is 1.24. The number of anilines is 1. The maximum atomic E-state index is 15.1. The Labute approximate surface area is 193 Å². The Morgan fingerprint density at radius 1 is 1.21 bits per heavy atom. The summed E-state index contributed by atoms with van der Waals surface area (Å²) in [6.07, 6.45) is 4.68. The van der Waals surface area contributed by atoms with Gasteiger partial charge in [-0.05, 0) is 63.0 Å². The number of aromatic nitrogens is 3. The van der Waals surface area contributed by atoms with Crippen molar-refractivity contribution in [2.24, 2.45) is 0 Å². The summed E-state index contributed by atoms with van der Waals surface area (Å²) >= 11 is 0. The first-order valence-electron chi connectivity index (χ1n) is 11.6. The second-order valence-electron chi connectivity index (χ2n) is 9.01. The van der Waals surface area contributed by atoms with Crippen LogP contribution in [0.3, 0.4) is 0 Å². The Balaban J connectivity index is 1.71. The van der Waals surface area contributed by atoms with Gasteiger partial charge < -0.3 is 20.1 Å². The van der Waals surface area contributed by atoms with Crippen LogP contribution >= 0.6 is 0 Å². The number of aliphatic hydroxyl groups is 1. The second-order valence-corrected chi connectivity index (χ2v) is 9.01. The fourth-order valence-electron chi connectivity index (χ4n) is 4.62. The Kier molecular flexibility index (Phi) is 5.88. The second kappa shape index (κ2) is 8.83. The average Bonchev–Trinajstić information content (AvgIpc) is 3.61. The molecule has 2 N–H and O–H groups in total. The van der Waals surface area contributed by atoms with Crippen molar-refractivity contribution in [3.05, 3.63) is 42.0 Å². The molecule has 1 saturated heterocycles. The average molecular weight is 452 g/mol. The topological polar surface area (TPSA) is 83.4 Å². The highest BCUT2D eigenvalue weighted by atomic mass is 19.1. The van der Waals surface area contributed by atoms with Gasteiger partial charge in [-0.2, -0.15) is 0 Å². The van der Waals surface area contributed by atoms with Crippen molar-refractivity contribution in [3.63, 3.8) is 0 Å². The summed E-state index contributed by atoms with van der Waals surface area (Å²) in [6, 6.07) is 7.75. The molecule has 2 aromatic heterocycles. The highest BCUT2D eigenvalue weighted by molar-refractivity contribution is 5.96. The lowest BCUT2D eigenvalue weighted by molar-refractivity contribution is 0.301. The molecule has 1 aliphatic heterocycles. The van der Waals surface area contributed by atoms with Gasteiger partial charge in [0.2, 0.25) is 0 Å². The number of likely N-dealkylation sites (N-methyl/N-ethyl adjacent to an activating group) is 1. The number of methoxy groups -OCH3 is 1. The highest BCUT2D eigenvalue weighted by Gasteiger charge is 2.48. The first-order valence-corrected chi connectivity index (χ1v) is 11.6. The third-order valence-electron chi connectivity index (χ3n) is 6.76. The van der Waals surface area contributed by atoms with Crippen molar-refractivity contribution in [2.45, 2.75) is 37.3 Å². The number of pyridine rings is 1. The van der Waals surface area contributed by atoms with Crippen molar-refractivity contribution >= 4 is 16.6 Å². The Morgan fingerprint density at radius 2 is 2.00 bits per heavy atom. The largest absolute Gasteiger partial charge is 0.494 e. The minimum absolute atomic E-state index is 0.0546. The van der Waals surface area contributed by atoms with Gasteiger partial charge in [0, 0.05) is 42.3 Å². The lowest BCUT2D eigenvalue weighted by Crippen LogP contribution is -2.27. The van der Waals surface area contributed by atoms with Crippen LogP contribution in [0.1, 0.15) is 43.1 Å². The van der Waals surface area contributed by atoms with Crippen LogP contribution in [0.2, 0.25) is 0 Å². The number of hydrogen-bond acceptors (Lipinski definition) is 7. The fraction of sp³-hybridized carbons (Fsp3) is 0.480.